The van der Waals surface area contributed by atoms with Gasteiger partial charge >= 0.3 is 0 Å². The summed E-state index contributed by atoms with van der Waals surface area (Å²) in [4.78, 5) is 31.6. The number of hydrogen-bond acceptors (Lipinski definition) is 16. The summed E-state index contributed by atoms with van der Waals surface area (Å²) in [5.74, 6) is 7.14. The summed E-state index contributed by atoms with van der Waals surface area (Å²) in [5.41, 5.74) is 2.96. The number of nitrogens with one attached hydrogen (secondary N) is 2. The zero-order chi connectivity index (χ0) is 31.6. The lowest BCUT2D eigenvalue weighted by atomic mass is 10.8. The summed E-state index contributed by atoms with van der Waals surface area (Å²) in [6, 6.07) is 0. The van der Waals surface area contributed by atoms with Crippen LogP contribution in [0, 0.1) is 0 Å². The van der Waals surface area contributed by atoms with Crippen LogP contribution in [0.5, 0.6) is 0 Å². The molecular formula is C23H44N4O6S10. The van der Waals surface area contributed by atoms with Gasteiger partial charge in [-0.1, -0.05) is 23.5 Å². The van der Waals surface area contributed by atoms with Crippen molar-refractivity contribution < 1.29 is 28.9 Å². The van der Waals surface area contributed by atoms with Crippen LogP contribution >= 0.6 is 94.1 Å². The molecular weight excluding hydrogens is 749 g/mol. The van der Waals surface area contributed by atoms with Crippen molar-refractivity contribution in [2.45, 2.75) is 0 Å². The first kappa shape index (κ1) is 44.6. The van der Waals surface area contributed by atoms with Gasteiger partial charge in [0.2, 0.25) is 11.1 Å². The van der Waals surface area contributed by atoms with Gasteiger partial charge in [0.05, 0.1) is 26.3 Å². The third-order valence-electron chi connectivity index (χ3n) is 4.15. The summed E-state index contributed by atoms with van der Waals surface area (Å²) >= 11 is 10.8. The van der Waals surface area contributed by atoms with E-state index in [1.54, 1.807) is 76.1 Å². The molecule has 0 aliphatic rings. The first-order valence-electron chi connectivity index (χ1n) is 13.2. The monoisotopic (exact) mass is 792 g/mol. The number of amides is 2. The Kier molecular flexibility index (Phi) is 37.8. The Morgan fingerprint density at radius 1 is 0.605 bits per heavy atom. The minimum atomic E-state index is -1.17. The molecule has 0 aromatic heterocycles. The number of nitrogens with zero attached hydrogens (tertiary/aromatic N) is 2. The highest BCUT2D eigenvalue weighted by molar-refractivity contribution is 8.18. The van der Waals surface area contributed by atoms with Crippen molar-refractivity contribution in [3.05, 3.63) is 0 Å². The highest BCUT2D eigenvalue weighted by Crippen LogP contribution is 2.15. The average Bonchev–Trinajstić information content (AvgIpc) is 2.99. The van der Waals surface area contributed by atoms with E-state index in [1.807, 2.05) is 0 Å². The van der Waals surface area contributed by atoms with Gasteiger partial charge in [0.25, 0.3) is 10.5 Å². The number of thioether (sulfide) groups is 8. The fraction of sp³-hybridized carbons (Fsp3) is 0.826. The minimum Gasteiger partial charge on any atom is -0.611 e. The lowest BCUT2D eigenvalue weighted by molar-refractivity contribution is 0.260. The standard InChI is InChI=1S/C23H44N4O6S10/c28-5-11-40-22(30)26-3-9-36-20-35-8-2-25-18-43(33)16-14-39-21-38-12-13-41-23(31)27-4-10-37-19-34-7-1-24-17-42(32)15-6-29/h17-18,28-29H,1-16,19-21H2,(H,26,30)(H,27,31)/b24-17-,25-18-. The number of hydrogen-bond donors (Lipinski definition) is 4. The molecule has 4 N–H and O–H groups in total. The summed E-state index contributed by atoms with van der Waals surface area (Å²) < 4.78 is 23.3. The van der Waals surface area contributed by atoms with Crippen molar-refractivity contribution in [2.75, 3.05) is 112 Å². The Morgan fingerprint density at radius 3 is 1.60 bits per heavy atom. The van der Waals surface area contributed by atoms with Crippen LogP contribution in [0.15, 0.2) is 9.98 Å². The van der Waals surface area contributed by atoms with Crippen molar-refractivity contribution in [3.8, 4) is 0 Å². The quantitative estimate of drug-likeness (QED) is 0.0273. The van der Waals surface area contributed by atoms with Crippen molar-refractivity contribution in [3.63, 3.8) is 0 Å². The largest absolute Gasteiger partial charge is 0.611 e. The molecule has 0 heterocycles. The molecule has 0 bridgehead atoms. The van der Waals surface area contributed by atoms with Gasteiger partial charge in [0.1, 0.15) is 11.5 Å². The smallest absolute Gasteiger partial charge is 0.279 e. The summed E-state index contributed by atoms with van der Waals surface area (Å²) in [5, 5.41) is 25.7. The van der Waals surface area contributed by atoms with Crippen LogP contribution in [-0.2, 0) is 22.4 Å². The second kappa shape index (κ2) is 36.5. The summed E-state index contributed by atoms with van der Waals surface area (Å²) in [7, 11) is 0. The van der Waals surface area contributed by atoms with Gasteiger partial charge in [0.15, 0.2) is 0 Å². The predicted molar refractivity (Wildman–Crippen MR) is 208 cm³/mol. The normalized spacial score (nSPS) is 13.1. The van der Waals surface area contributed by atoms with Gasteiger partial charge in [-0.15, -0.1) is 58.8 Å². The molecule has 43 heavy (non-hydrogen) atoms. The Balaban J connectivity index is 3.39. The highest BCUT2D eigenvalue weighted by Gasteiger charge is 2.05. The zero-order valence-electron chi connectivity index (χ0n) is 24.1. The van der Waals surface area contributed by atoms with Gasteiger partial charge < -0.3 is 30.0 Å². The Morgan fingerprint density at radius 2 is 1.07 bits per heavy atom. The number of rotatable bonds is 30. The van der Waals surface area contributed by atoms with Crippen LogP contribution in [0.25, 0.3) is 0 Å². The predicted octanol–water partition coefficient (Wildman–Crippen LogP) is 3.68. The lowest BCUT2D eigenvalue weighted by Gasteiger charge is -2.06. The van der Waals surface area contributed by atoms with E-state index in [-0.39, 0.29) is 29.4 Å². The molecule has 0 spiro atoms. The number of carbonyl (C=O) groups excluding carboxylic acids is 2. The van der Waals surface area contributed by atoms with Gasteiger partial charge in [0, 0.05) is 74.4 Å². The van der Waals surface area contributed by atoms with Crippen LogP contribution in [0.2, 0.25) is 0 Å². The Labute approximate surface area is 297 Å². The number of aliphatic hydroxyl groups is 2. The maximum atomic E-state index is 12.0. The first-order valence-corrected chi connectivity index (χ1v) is 24.9. The number of carbonyl (C=O) groups is 2. The lowest BCUT2D eigenvalue weighted by Crippen LogP contribution is -2.22. The molecule has 0 fully saturated rings. The molecule has 2 amide bonds. The third kappa shape index (κ3) is 36.3. The van der Waals surface area contributed by atoms with E-state index in [0.717, 1.165) is 67.3 Å². The van der Waals surface area contributed by atoms with E-state index in [4.69, 9.17) is 10.2 Å². The summed E-state index contributed by atoms with van der Waals surface area (Å²) in [6.07, 6.45) is 0. The van der Waals surface area contributed by atoms with Gasteiger partial charge in [-0.2, -0.15) is 11.8 Å². The van der Waals surface area contributed by atoms with E-state index < -0.39 is 22.4 Å². The molecule has 0 aromatic rings. The van der Waals surface area contributed by atoms with Crippen LogP contribution in [0.3, 0.4) is 0 Å². The van der Waals surface area contributed by atoms with Gasteiger partial charge in [-0.25, -0.2) is 9.98 Å². The number of aliphatic hydroxyl groups excluding tert-OH is 2. The molecule has 0 aromatic carbocycles. The fourth-order valence-electron chi connectivity index (χ4n) is 2.26. The van der Waals surface area contributed by atoms with Crippen molar-refractivity contribution in [2.24, 2.45) is 9.98 Å². The Bertz CT molecular complexity index is 722. The molecule has 0 saturated heterocycles. The molecule has 0 aliphatic carbocycles. The molecule has 0 saturated carbocycles. The van der Waals surface area contributed by atoms with Crippen LogP contribution in [0.4, 0.5) is 9.59 Å². The zero-order valence-corrected chi connectivity index (χ0v) is 32.3. The average molecular weight is 793 g/mol. The Hall–Kier alpha value is 1.62. The molecule has 0 radical (unpaired) electrons. The van der Waals surface area contributed by atoms with E-state index in [9.17, 15) is 18.7 Å². The van der Waals surface area contributed by atoms with Crippen LogP contribution < -0.4 is 10.6 Å². The fourth-order valence-corrected chi connectivity index (χ4v) is 11.2. The summed E-state index contributed by atoms with van der Waals surface area (Å²) in [6.45, 7) is 2.43. The maximum absolute atomic E-state index is 12.0. The van der Waals surface area contributed by atoms with Crippen LogP contribution in [-0.4, -0.2) is 153 Å². The molecule has 0 aliphatic heterocycles. The molecule has 2 atom stereocenters. The maximum Gasteiger partial charge on any atom is 0.279 e. The SMILES string of the molecule is O=C(NCCSCSCC/N=C\[S+]([O-])CCSCSCCSC(=O)NCCSCSCC/N=C\[S+]([O-])CCO)SCCO. The highest BCUT2D eigenvalue weighted by atomic mass is 32.2. The van der Waals surface area contributed by atoms with Crippen molar-refractivity contribution >= 4 is 138 Å². The van der Waals surface area contributed by atoms with E-state index in [2.05, 4.69) is 20.6 Å². The molecule has 2 unspecified atom stereocenters. The third-order valence-corrected chi connectivity index (χ3v) is 15.2. The van der Waals surface area contributed by atoms with E-state index in [0.29, 0.717) is 37.7 Å². The van der Waals surface area contributed by atoms with E-state index in [1.165, 1.54) is 17.3 Å². The molecule has 10 nitrogen and oxygen atoms in total. The second-order valence-corrected chi connectivity index (χ2v) is 20.2. The molecule has 252 valence electrons. The number of aliphatic imine (C=N–C) groups is 2. The van der Waals surface area contributed by atoms with Gasteiger partial charge in [-0.05, 0) is 22.4 Å². The molecule has 0 rings (SSSR count). The topological polar surface area (TPSA) is 169 Å². The minimum absolute atomic E-state index is 0.00441. The van der Waals surface area contributed by atoms with Crippen molar-refractivity contribution in [1.82, 2.24) is 10.6 Å². The van der Waals surface area contributed by atoms with E-state index >= 15 is 0 Å². The molecule has 20 heteroatoms. The van der Waals surface area contributed by atoms with Crippen LogP contribution in [0.1, 0.15) is 0 Å². The van der Waals surface area contributed by atoms with Crippen molar-refractivity contribution in [1.29, 1.82) is 0 Å². The second-order valence-electron chi connectivity index (χ2n) is 7.57. The first-order chi connectivity index (χ1) is 21.0. The van der Waals surface area contributed by atoms with Gasteiger partial charge in [-0.3, -0.25) is 9.59 Å².